The number of carbonyl (C=O) groups excluding carboxylic acids is 1. The van der Waals surface area contributed by atoms with Crippen LogP contribution in [-0.2, 0) is 31.1 Å². The molecule has 3 aromatic rings. The van der Waals surface area contributed by atoms with Gasteiger partial charge in [0.1, 0.15) is 12.2 Å². The molecule has 218 valence electrons. The van der Waals surface area contributed by atoms with Gasteiger partial charge in [0.2, 0.25) is 0 Å². The molecule has 0 unspecified atom stereocenters. The molecule has 1 aliphatic heterocycles. The Morgan fingerprint density at radius 3 is 2.61 bits per heavy atom. The first-order valence-electron chi connectivity index (χ1n) is 14.4. The number of benzene rings is 2. The number of amides is 1. The van der Waals surface area contributed by atoms with Gasteiger partial charge in [-0.2, -0.15) is 13.2 Å². The van der Waals surface area contributed by atoms with Gasteiger partial charge in [-0.25, -0.2) is 0 Å². The van der Waals surface area contributed by atoms with E-state index in [9.17, 15) is 18.0 Å². The minimum atomic E-state index is -4.56. The Hall–Kier alpha value is -3.24. The molecule has 0 spiro atoms. The highest BCUT2D eigenvalue weighted by Crippen LogP contribution is 2.45. The molecule has 1 N–H and O–H groups in total. The average Bonchev–Trinajstić information content (AvgIpc) is 3.47. The van der Waals surface area contributed by atoms with Crippen LogP contribution in [0.4, 0.5) is 18.9 Å². The van der Waals surface area contributed by atoms with Gasteiger partial charge in [-0.1, -0.05) is 12.1 Å². The molecule has 2 heterocycles. The summed E-state index contributed by atoms with van der Waals surface area (Å²) in [7, 11) is 1.90. The monoisotopic (exact) mass is 567 g/mol. The predicted molar refractivity (Wildman–Crippen MR) is 148 cm³/mol. The van der Waals surface area contributed by atoms with Gasteiger partial charge in [0.15, 0.2) is 0 Å². The Morgan fingerprint density at radius 2 is 1.98 bits per heavy atom. The van der Waals surface area contributed by atoms with E-state index in [4.69, 9.17) is 4.74 Å². The van der Waals surface area contributed by atoms with Crippen molar-refractivity contribution in [3.05, 3.63) is 76.4 Å². The lowest BCUT2D eigenvalue weighted by Gasteiger charge is -2.40. The first-order chi connectivity index (χ1) is 19.6. The van der Waals surface area contributed by atoms with Gasteiger partial charge in [0.05, 0.1) is 18.2 Å². The maximum absolute atomic E-state index is 14.2. The van der Waals surface area contributed by atoms with Crippen molar-refractivity contribution in [3.8, 4) is 0 Å². The van der Waals surface area contributed by atoms with E-state index < -0.39 is 17.6 Å². The summed E-state index contributed by atoms with van der Waals surface area (Å²) in [6, 6.07) is 10.4. The highest BCUT2D eigenvalue weighted by Gasteiger charge is 2.42. The van der Waals surface area contributed by atoms with Crippen molar-refractivity contribution >= 4 is 11.6 Å². The molecule has 0 radical (unpaired) electrons. The predicted octanol–water partition coefficient (Wildman–Crippen LogP) is 5.97. The third-order valence-corrected chi connectivity index (χ3v) is 9.15. The third-order valence-electron chi connectivity index (χ3n) is 9.15. The van der Waals surface area contributed by atoms with Crippen LogP contribution in [0.3, 0.4) is 0 Å². The molecule has 1 atom stereocenters. The largest absolute Gasteiger partial charge is 0.416 e. The maximum atomic E-state index is 14.2. The summed E-state index contributed by atoms with van der Waals surface area (Å²) in [6.07, 6.45) is 2.18. The highest BCUT2D eigenvalue weighted by molar-refractivity contribution is 6.10. The lowest BCUT2D eigenvalue weighted by Crippen LogP contribution is -2.47. The average molecular weight is 568 g/mol. The highest BCUT2D eigenvalue weighted by atomic mass is 19.4. The molecule has 2 fully saturated rings. The van der Waals surface area contributed by atoms with Crippen LogP contribution in [-0.4, -0.2) is 38.9 Å². The summed E-state index contributed by atoms with van der Waals surface area (Å²) in [6.45, 7) is 4.90. The van der Waals surface area contributed by atoms with Crippen LogP contribution in [0.2, 0.25) is 0 Å². The maximum Gasteiger partial charge on any atom is 0.416 e. The van der Waals surface area contributed by atoms with E-state index >= 15 is 0 Å². The Kier molecular flexibility index (Phi) is 7.18. The number of ether oxygens (including phenoxy) is 1. The molecule has 6 rings (SSSR count). The molecule has 7 nitrogen and oxygen atoms in total. The molecule has 3 aliphatic rings. The van der Waals surface area contributed by atoms with Gasteiger partial charge in [0, 0.05) is 42.9 Å². The van der Waals surface area contributed by atoms with Crippen molar-refractivity contribution in [1.82, 2.24) is 20.1 Å². The number of nitrogens with zero attached hydrogens (tertiary/aromatic N) is 4. The van der Waals surface area contributed by atoms with E-state index in [0.717, 1.165) is 43.5 Å². The van der Waals surface area contributed by atoms with Gasteiger partial charge in [-0.15, -0.1) is 10.2 Å². The Morgan fingerprint density at radius 1 is 1.20 bits per heavy atom. The molecule has 0 saturated heterocycles. The van der Waals surface area contributed by atoms with Crippen molar-refractivity contribution in [2.24, 2.45) is 13.0 Å². The summed E-state index contributed by atoms with van der Waals surface area (Å²) < 4.78 is 50.4. The number of alkyl halides is 3. The van der Waals surface area contributed by atoms with Gasteiger partial charge in [-0.3, -0.25) is 4.79 Å². The molecule has 1 aromatic heterocycles. The quantitative estimate of drug-likeness (QED) is 0.345. The molecule has 0 bridgehead atoms. The normalized spacial score (nSPS) is 22.3. The number of rotatable bonds is 9. The molecule has 1 amide bonds. The summed E-state index contributed by atoms with van der Waals surface area (Å²) in [5, 5.41) is 11.9. The van der Waals surface area contributed by atoms with Crippen molar-refractivity contribution in [3.63, 3.8) is 0 Å². The van der Waals surface area contributed by atoms with Crippen LogP contribution >= 0.6 is 0 Å². The number of fused-ring (bicyclic) bond motifs is 1. The van der Waals surface area contributed by atoms with Crippen LogP contribution < -0.4 is 10.2 Å². The number of halogens is 3. The van der Waals surface area contributed by atoms with E-state index in [1.165, 1.54) is 11.0 Å². The second-order valence-corrected chi connectivity index (χ2v) is 12.0. The molecule has 2 saturated carbocycles. The molecule has 2 aromatic carbocycles. The fourth-order valence-corrected chi connectivity index (χ4v) is 6.57. The van der Waals surface area contributed by atoms with Crippen molar-refractivity contribution in [2.75, 3.05) is 11.5 Å². The lowest BCUT2D eigenvalue weighted by molar-refractivity contribution is -0.138. The smallest absolute Gasteiger partial charge is 0.378 e. The van der Waals surface area contributed by atoms with Gasteiger partial charge in [-0.05, 0) is 92.8 Å². The van der Waals surface area contributed by atoms with E-state index in [2.05, 4.69) is 22.4 Å². The van der Waals surface area contributed by atoms with Gasteiger partial charge < -0.3 is 19.5 Å². The zero-order chi connectivity index (χ0) is 28.9. The van der Waals surface area contributed by atoms with E-state index in [1.807, 2.05) is 36.7 Å². The fraction of sp³-hybridized carbons (Fsp3) is 0.516. The topological polar surface area (TPSA) is 72.3 Å². The Balaban J connectivity index is 1.30. The second kappa shape index (κ2) is 10.5. The first-order valence-corrected chi connectivity index (χ1v) is 14.4. The molecular weight excluding hydrogens is 531 g/mol. The second-order valence-electron chi connectivity index (χ2n) is 12.0. The Labute approximate surface area is 238 Å². The van der Waals surface area contributed by atoms with Crippen molar-refractivity contribution < 1.29 is 22.7 Å². The van der Waals surface area contributed by atoms with Crippen LogP contribution in [0.15, 0.2) is 42.7 Å². The minimum absolute atomic E-state index is 0.0370. The SMILES string of the molecule is CCOC1CC([C@@H](c2cccc(N3Cc4c(cc(CNC5(C)CCC5)cc4C(F)(F)F)C3=O)c2)c2nncn2C)C1. The van der Waals surface area contributed by atoms with E-state index in [-0.39, 0.29) is 41.2 Å². The summed E-state index contributed by atoms with van der Waals surface area (Å²) in [5.74, 6) is 0.612. The number of carbonyl (C=O) groups is 1. The third kappa shape index (κ3) is 5.28. The number of anilines is 1. The summed E-state index contributed by atoms with van der Waals surface area (Å²) in [5.41, 5.74) is 1.38. The zero-order valence-electron chi connectivity index (χ0n) is 23.7. The first kappa shape index (κ1) is 27.9. The van der Waals surface area contributed by atoms with Crippen LogP contribution in [0.1, 0.15) is 90.3 Å². The fourth-order valence-electron chi connectivity index (χ4n) is 6.57. The number of hydrogen-bond donors (Lipinski definition) is 1. The minimum Gasteiger partial charge on any atom is -0.378 e. The van der Waals surface area contributed by atoms with Crippen LogP contribution in [0.5, 0.6) is 0 Å². The van der Waals surface area contributed by atoms with Crippen LogP contribution in [0.25, 0.3) is 0 Å². The van der Waals surface area contributed by atoms with E-state index in [1.54, 1.807) is 18.5 Å². The van der Waals surface area contributed by atoms with Gasteiger partial charge in [0.25, 0.3) is 5.91 Å². The molecular formula is C31H36F3N5O2. The number of nitrogens with one attached hydrogen (secondary N) is 1. The summed E-state index contributed by atoms with van der Waals surface area (Å²) in [4.78, 5) is 15.1. The van der Waals surface area contributed by atoms with Crippen molar-refractivity contribution in [2.45, 2.75) is 82.8 Å². The molecule has 10 heteroatoms. The van der Waals surface area contributed by atoms with Crippen LogP contribution in [0, 0.1) is 5.92 Å². The lowest BCUT2D eigenvalue weighted by atomic mass is 9.70. The van der Waals surface area contributed by atoms with Crippen molar-refractivity contribution in [1.29, 1.82) is 0 Å². The van der Waals surface area contributed by atoms with Gasteiger partial charge >= 0.3 is 6.18 Å². The molecule has 2 aliphatic carbocycles. The standard InChI is InChI=1S/C31H36F3N5O2/c1-4-41-23-14-21(15-23)27(28-37-36-18-38(28)3)20-7-5-8-22(13-20)39-17-25-24(29(39)40)11-19(12-26(25)31(32,33)34)16-35-30(2)9-6-10-30/h5,7-8,11-13,18,21,23,27,35H,4,6,9-10,14-17H2,1-3H3/t21?,23?,27-/m1/s1. The number of aryl methyl sites for hydroxylation is 1. The molecule has 41 heavy (non-hydrogen) atoms. The van der Waals surface area contributed by atoms with E-state index in [0.29, 0.717) is 24.4 Å². The summed E-state index contributed by atoms with van der Waals surface area (Å²) >= 11 is 0. The zero-order valence-corrected chi connectivity index (χ0v) is 23.7. The number of aromatic nitrogens is 3. The Bertz CT molecular complexity index is 1440. The number of hydrogen-bond acceptors (Lipinski definition) is 5.